The van der Waals surface area contributed by atoms with Gasteiger partial charge in [-0.05, 0) is 126 Å². The Labute approximate surface area is 353 Å². The molecule has 5 fully saturated rings. The molecular formula is C48H77N4O7+3. The minimum Gasteiger partial charge on any atom is -0.396 e. The normalized spacial score (nSPS) is 41.0. The number of nitrogens with zero attached hydrogens (tertiary/aromatic N) is 1. The molecule has 11 heteroatoms. The van der Waals surface area contributed by atoms with Crippen LogP contribution in [-0.2, 0) is 14.3 Å². The van der Waals surface area contributed by atoms with Gasteiger partial charge in [0, 0.05) is 63.1 Å². The minimum absolute atomic E-state index is 0.0575. The number of carbonyl (C=O) groups is 2. The van der Waals surface area contributed by atoms with E-state index in [1.165, 1.54) is 5.57 Å². The van der Waals surface area contributed by atoms with E-state index in [1.807, 2.05) is 12.8 Å². The lowest BCUT2D eigenvalue weighted by Gasteiger charge is -2.43. The average Bonchev–Trinajstić information content (AvgIpc) is 3.76. The molecule has 3 aliphatic heterocycles. The van der Waals surface area contributed by atoms with Crippen LogP contribution in [0.25, 0.3) is 0 Å². The smallest absolute Gasteiger partial charge is 0.176 e. The Morgan fingerprint density at radius 2 is 1.83 bits per heavy atom. The zero-order chi connectivity index (χ0) is 41.5. The molecule has 4 aliphatic carbocycles. The largest absolute Gasteiger partial charge is 0.396 e. The maximum Gasteiger partial charge on any atom is 0.176 e. The number of methoxy groups -OCH3 is 1. The molecule has 11 nitrogen and oxygen atoms in total. The molecule has 10 N–H and O–H groups in total. The zero-order valence-corrected chi connectivity index (χ0v) is 35.8. The highest BCUT2D eigenvalue weighted by atomic mass is 16.5. The number of carbonyl (C=O) groups excluding carboxylic acids is 2. The minimum atomic E-state index is -1.09. The van der Waals surface area contributed by atoms with Crippen molar-refractivity contribution in [2.24, 2.45) is 69.4 Å². The van der Waals surface area contributed by atoms with Crippen LogP contribution >= 0.6 is 0 Å². The molecule has 7 rings (SSSR count). The van der Waals surface area contributed by atoms with Gasteiger partial charge < -0.3 is 35.8 Å². The van der Waals surface area contributed by atoms with E-state index in [4.69, 9.17) is 10.5 Å². The van der Waals surface area contributed by atoms with Crippen LogP contribution < -0.4 is 16.4 Å². The standard InChI is InChI=1S/C48H75N4O7/c1-59-44-23-35-7-11-45(57)48(15-12-30(21-46(48)58)19-33(3-2-18-53)38-22-36-6-10-40(55)25-42(36)51-28-38)16-13-32(41(35)26-43(44)56)4-8-39(54)9-5-34-24-47(49)52-29-37(34)20-31-14-17-50-27-31/h14,17,27,30,32-39,41-44,46-47,51-54,56,58H,2-12,15,18-26,28-29,49H2,1H3/q+1/p+2. The number of aliphatic hydroxyl groups excluding tert-OH is 4. The molecule has 2 saturated heterocycles. The summed E-state index contributed by atoms with van der Waals surface area (Å²) >= 11 is 0. The molecule has 1 spiro atoms. The summed E-state index contributed by atoms with van der Waals surface area (Å²) in [5.41, 5.74) is 6.57. The number of Topliss-reactive ketones (excluding diaryl/α,β-unsaturated/α-hetero) is 2. The summed E-state index contributed by atoms with van der Waals surface area (Å²) < 4.78 is 5.73. The number of piperidine rings is 2. The van der Waals surface area contributed by atoms with Crippen LogP contribution in [0.3, 0.4) is 0 Å². The van der Waals surface area contributed by atoms with Crippen molar-refractivity contribution < 1.29 is 45.4 Å². The van der Waals surface area contributed by atoms with E-state index in [2.05, 4.69) is 33.5 Å². The Morgan fingerprint density at radius 3 is 2.61 bits per heavy atom. The quantitative estimate of drug-likeness (QED) is 0.0968. The van der Waals surface area contributed by atoms with Gasteiger partial charge in [-0.2, -0.15) is 0 Å². The predicted molar refractivity (Wildman–Crippen MR) is 226 cm³/mol. The van der Waals surface area contributed by atoms with Gasteiger partial charge in [0.25, 0.3) is 0 Å². The Kier molecular flexibility index (Phi) is 15.8. The van der Waals surface area contributed by atoms with Gasteiger partial charge >= 0.3 is 0 Å². The zero-order valence-electron chi connectivity index (χ0n) is 35.8. The molecule has 16 atom stereocenters. The molecule has 0 aromatic carbocycles. The van der Waals surface area contributed by atoms with Crippen molar-refractivity contribution in [3.63, 3.8) is 0 Å². The first-order valence-corrected chi connectivity index (χ1v) is 23.8. The van der Waals surface area contributed by atoms with Gasteiger partial charge in [-0.25, -0.2) is 0 Å². The molecule has 0 aromatic heterocycles. The highest BCUT2D eigenvalue weighted by Gasteiger charge is 2.50. The third-order valence-electron chi connectivity index (χ3n) is 16.7. The van der Waals surface area contributed by atoms with E-state index >= 15 is 0 Å². The van der Waals surface area contributed by atoms with Gasteiger partial charge in [0.05, 0.1) is 56.0 Å². The molecule has 3 heterocycles. The molecular weight excluding hydrogens is 745 g/mol. The van der Waals surface area contributed by atoms with Crippen LogP contribution in [0.2, 0.25) is 0 Å². The van der Waals surface area contributed by atoms with Crippen molar-refractivity contribution in [2.45, 2.75) is 165 Å². The van der Waals surface area contributed by atoms with Crippen molar-refractivity contribution in [1.82, 2.24) is 0 Å². The van der Waals surface area contributed by atoms with E-state index in [9.17, 15) is 30.0 Å². The maximum atomic E-state index is 14.4. The summed E-state index contributed by atoms with van der Waals surface area (Å²) in [6.07, 6.45) is 17.3. The van der Waals surface area contributed by atoms with Crippen molar-refractivity contribution in [1.29, 1.82) is 0 Å². The number of aliphatic hydroxyl groups is 4. The third kappa shape index (κ3) is 11.1. The molecule has 0 amide bonds. The summed E-state index contributed by atoms with van der Waals surface area (Å²) in [4.78, 5) is 30.8. The number of ketones is 2. The molecule has 59 heavy (non-hydrogen) atoms. The number of ether oxygens (including phenoxy) is 1. The van der Waals surface area contributed by atoms with Gasteiger partial charge in [-0.1, -0.05) is 11.8 Å². The van der Waals surface area contributed by atoms with Crippen molar-refractivity contribution in [3.05, 3.63) is 18.2 Å². The second-order valence-electron chi connectivity index (χ2n) is 20.3. The van der Waals surface area contributed by atoms with E-state index in [0.29, 0.717) is 112 Å². The van der Waals surface area contributed by atoms with Gasteiger partial charge in [-0.15, -0.1) is 4.99 Å². The molecule has 7 aliphatic rings. The fourth-order valence-corrected chi connectivity index (χ4v) is 13.1. The summed E-state index contributed by atoms with van der Waals surface area (Å²) in [5, 5.41) is 49.2. The highest BCUT2D eigenvalue weighted by Crippen LogP contribution is 2.48. The van der Waals surface area contributed by atoms with Crippen LogP contribution in [0, 0.1) is 77.1 Å². The average molecular weight is 822 g/mol. The van der Waals surface area contributed by atoms with Crippen molar-refractivity contribution >= 4 is 17.8 Å². The van der Waals surface area contributed by atoms with Crippen molar-refractivity contribution in [3.8, 4) is 11.8 Å². The van der Waals surface area contributed by atoms with E-state index < -0.39 is 23.7 Å². The fraction of sp³-hybridized carbons (Fsp3) is 0.833. The summed E-state index contributed by atoms with van der Waals surface area (Å²) in [6.45, 7) is 4.04. The number of aliphatic imine (C=N–C) groups is 1. The van der Waals surface area contributed by atoms with Gasteiger partial charge in [0.1, 0.15) is 29.5 Å². The lowest BCUT2D eigenvalue weighted by molar-refractivity contribution is -0.712. The van der Waals surface area contributed by atoms with E-state index in [0.717, 1.165) is 70.9 Å². The number of hydrogen-bond acceptors (Lipinski definition) is 9. The number of nitrogens with two attached hydrogens (primary N) is 3. The molecule has 328 valence electrons. The maximum absolute atomic E-state index is 14.4. The lowest BCUT2D eigenvalue weighted by Crippen LogP contribution is -2.96. The predicted octanol–water partition coefficient (Wildman–Crippen LogP) is 2.59. The van der Waals surface area contributed by atoms with Crippen LogP contribution in [0.4, 0.5) is 0 Å². The second kappa shape index (κ2) is 20.8. The molecule has 16 unspecified atom stereocenters. The van der Waals surface area contributed by atoms with Gasteiger partial charge in [-0.3, -0.25) is 15.3 Å². The number of quaternary nitrogens is 2. The van der Waals surface area contributed by atoms with Gasteiger partial charge in [0.15, 0.2) is 12.0 Å². The number of hydrogen-bond donors (Lipinski definition) is 7. The van der Waals surface area contributed by atoms with Crippen LogP contribution in [0.1, 0.15) is 128 Å². The summed E-state index contributed by atoms with van der Waals surface area (Å²) in [5.74, 6) is 10.5. The second-order valence-corrected chi connectivity index (χ2v) is 20.3. The first-order chi connectivity index (χ1) is 28.5. The Morgan fingerprint density at radius 1 is 1.00 bits per heavy atom. The number of allylic oxidation sites excluding steroid dienone is 1. The van der Waals surface area contributed by atoms with Crippen LogP contribution in [0.15, 0.2) is 16.6 Å². The summed E-state index contributed by atoms with van der Waals surface area (Å²) in [6, 6.07) is 0.419. The lowest BCUT2D eigenvalue weighted by atomic mass is 9.62. The summed E-state index contributed by atoms with van der Waals surface area (Å²) in [7, 11) is 1.65. The fourth-order valence-electron chi connectivity index (χ4n) is 13.1. The molecule has 0 aromatic rings. The topological polar surface area (TPSA) is 196 Å². The number of fused-ring (bicyclic) bond motifs is 2. The first-order valence-electron chi connectivity index (χ1n) is 23.8. The molecule has 0 bridgehead atoms. The Balaban J connectivity index is 1.02. The third-order valence-corrected chi connectivity index (χ3v) is 16.7. The van der Waals surface area contributed by atoms with E-state index in [-0.39, 0.29) is 48.3 Å². The molecule has 3 saturated carbocycles. The van der Waals surface area contributed by atoms with Gasteiger partial charge in [0.2, 0.25) is 0 Å². The highest BCUT2D eigenvalue weighted by molar-refractivity contribution is 5.89. The number of rotatable bonds is 15. The van der Waals surface area contributed by atoms with Crippen LogP contribution in [0.5, 0.6) is 0 Å². The SMILES string of the molecule is COC1CC2CCC(=O)C3(C#CC(CCC(O)CCC4CC(N)[NH2+]CC4CC4=C[CH+]N=C4)C2CC1O)CCC(CC(CCCO)C1C[NH2+]C2CC(=O)CCC2C1)CC3O. The monoisotopic (exact) mass is 822 g/mol. The van der Waals surface area contributed by atoms with E-state index in [1.54, 1.807) is 7.11 Å². The van der Waals surface area contributed by atoms with Crippen LogP contribution in [-0.4, -0.2) is 102 Å². The Bertz CT molecular complexity index is 1540. The first kappa shape index (κ1) is 44.9. The molecule has 0 radical (unpaired) electrons. The van der Waals surface area contributed by atoms with Crippen molar-refractivity contribution in [2.75, 3.05) is 26.8 Å². The Hall–Kier alpha value is -2.14.